The molecule has 7 heteroatoms. The molecule has 0 bridgehead atoms. The lowest BCUT2D eigenvalue weighted by molar-refractivity contribution is -0.137. The Balaban J connectivity index is 1.24. The standard InChI is InChI=1S/C26H30N2O5/c1-16(12-25(30)31)27-24(29)14-17-10-11-18(13-17)28-26(32)33-15-23-21-8-4-2-6-19(21)20-7-3-5-9-22(20)23/h2-9,16-18,23H,10-15H2,1H3,(H,27,29)(H,28,32)(H,30,31). The van der Waals surface area contributed by atoms with Crippen molar-refractivity contribution in [1.82, 2.24) is 10.6 Å². The second-order valence-electron chi connectivity index (χ2n) is 9.12. The van der Waals surface area contributed by atoms with E-state index in [9.17, 15) is 14.4 Å². The smallest absolute Gasteiger partial charge is 0.407 e. The fraction of sp³-hybridized carbons (Fsp3) is 0.423. The van der Waals surface area contributed by atoms with Gasteiger partial charge in [0.15, 0.2) is 0 Å². The molecule has 174 valence electrons. The van der Waals surface area contributed by atoms with Crippen molar-refractivity contribution in [3.05, 3.63) is 59.7 Å². The number of hydrogen-bond donors (Lipinski definition) is 3. The van der Waals surface area contributed by atoms with Gasteiger partial charge in [0.1, 0.15) is 6.61 Å². The molecular formula is C26H30N2O5. The number of hydrogen-bond acceptors (Lipinski definition) is 4. The van der Waals surface area contributed by atoms with Gasteiger partial charge in [0.05, 0.1) is 6.42 Å². The molecule has 1 saturated carbocycles. The van der Waals surface area contributed by atoms with Gasteiger partial charge in [-0.3, -0.25) is 9.59 Å². The molecule has 3 unspecified atom stereocenters. The molecule has 2 aromatic rings. The molecule has 0 aromatic heterocycles. The topological polar surface area (TPSA) is 105 Å². The molecule has 3 atom stereocenters. The van der Waals surface area contributed by atoms with E-state index in [0.717, 1.165) is 12.8 Å². The van der Waals surface area contributed by atoms with Crippen molar-refractivity contribution in [2.45, 2.75) is 57.0 Å². The average molecular weight is 451 g/mol. The van der Waals surface area contributed by atoms with Crippen LogP contribution in [-0.4, -0.2) is 41.8 Å². The highest BCUT2D eigenvalue weighted by atomic mass is 16.5. The summed E-state index contributed by atoms with van der Waals surface area (Å²) in [5, 5.41) is 14.5. The van der Waals surface area contributed by atoms with E-state index in [0.29, 0.717) is 12.8 Å². The minimum atomic E-state index is -0.934. The highest BCUT2D eigenvalue weighted by Crippen LogP contribution is 2.44. The molecule has 2 aliphatic rings. The summed E-state index contributed by atoms with van der Waals surface area (Å²) in [5.41, 5.74) is 4.74. The zero-order chi connectivity index (χ0) is 23.4. The van der Waals surface area contributed by atoms with Crippen LogP contribution in [-0.2, 0) is 14.3 Å². The largest absolute Gasteiger partial charge is 0.481 e. The summed E-state index contributed by atoms with van der Waals surface area (Å²) in [6.07, 6.45) is 2.17. The maximum absolute atomic E-state index is 12.5. The van der Waals surface area contributed by atoms with Crippen molar-refractivity contribution in [2.24, 2.45) is 5.92 Å². The summed E-state index contributed by atoms with van der Waals surface area (Å²) >= 11 is 0. The Morgan fingerprint density at radius 1 is 1.03 bits per heavy atom. The molecule has 7 nitrogen and oxygen atoms in total. The molecule has 0 radical (unpaired) electrons. The Hall–Kier alpha value is -3.35. The number of carboxylic acids is 1. The van der Waals surface area contributed by atoms with E-state index < -0.39 is 18.1 Å². The van der Waals surface area contributed by atoms with Crippen molar-refractivity contribution in [2.75, 3.05) is 6.61 Å². The van der Waals surface area contributed by atoms with Crippen molar-refractivity contribution in [1.29, 1.82) is 0 Å². The first-order chi connectivity index (χ1) is 15.9. The third-order valence-electron chi connectivity index (χ3n) is 6.57. The first kappa shape index (κ1) is 22.8. The fourth-order valence-corrected chi connectivity index (χ4v) is 5.11. The highest BCUT2D eigenvalue weighted by Gasteiger charge is 2.31. The maximum atomic E-state index is 12.5. The Morgan fingerprint density at radius 3 is 2.30 bits per heavy atom. The first-order valence-corrected chi connectivity index (χ1v) is 11.5. The van der Waals surface area contributed by atoms with Gasteiger partial charge in [-0.25, -0.2) is 4.79 Å². The van der Waals surface area contributed by atoms with E-state index in [2.05, 4.69) is 34.9 Å². The minimum Gasteiger partial charge on any atom is -0.481 e. The molecular weight excluding hydrogens is 420 g/mol. The summed E-state index contributed by atoms with van der Waals surface area (Å²) in [7, 11) is 0. The van der Waals surface area contributed by atoms with Crippen LogP contribution in [0.3, 0.4) is 0 Å². The molecule has 2 amide bonds. The molecule has 1 fully saturated rings. The summed E-state index contributed by atoms with van der Waals surface area (Å²) < 4.78 is 5.62. The van der Waals surface area contributed by atoms with Gasteiger partial charge in [-0.2, -0.15) is 0 Å². The Kier molecular flexibility index (Phi) is 6.96. The molecule has 0 heterocycles. The number of aliphatic carboxylic acids is 1. The van der Waals surface area contributed by atoms with Crippen LogP contribution in [0, 0.1) is 5.92 Å². The lowest BCUT2D eigenvalue weighted by atomic mass is 9.98. The van der Waals surface area contributed by atoms with Crippen LogP contribution in [0.5, 0.6) is 0 Å². The third-order valence-corrected chi connectivity index (χ3v) is 6.57. The average Bonchev–Trinajstić information content (AvgIpc) is 3.33. The van der Waals surface area contributed by atoms with Gasteiger partial charge in [-0.05, 0) is 54.4 Å². The quantitative estimate of drug-likeness (QED) is 0.563. The molecule has 0 saturated heterocycles. The summed E-state index contributed by atoms with van der Waals surface area (Å²) in [6.45, 7) is 1.96. The zero-order valence-corrected chi connectivity index (χ0v) is 18.8. The van der Waals surface area contributed by atoms with Crippen molar-refractivity contribution in [3.8, 4) is 11.1 Å². The second kappa shape index (κ2) is 10.1. The van der Waals surface area contributed by atoms with E-state index >= 15 is 0 Å². The molecule has 0 aliphatic heterocycles. The SMILES string of the molecule is CC(CC(=O)O)NC(=O)CC1CCC(NC(=O)OCC2c3ccccc3-c3ccccc32)C1. The molecule has 3 N–H and O–H groups in total. The molecule has 0 spiro atoms. The van der Waals surface area contributed by atoms with Crippen molar-refractivity contribution in [3.63, 3.8) is 0 Å². The summed E-state index contributed by atoms with van der Waals surface area (Å²) in [6, 6.07) is 16.0. The predicted molar refractivity (Wildman–Crippen MR) is 124 cm³/mol. The van der Waals surface area contributed by atoms with Gasteiger partial charge in [0.2, 0.25) is 5.91 Å². The number of fused-ring (bicyclic) bond motifs is 3. The van der Waals surface area contributed by atoms with E-state index in [4.69, 9.17) is 9.84 Å². The molecule has 33 heavy (non-hydrogen) atoms. The first-order valence-electron chi connectivity index (χ1n) is 11.5. The summed E-state index contributed by atoms with van der Waals surface area (Å²) in [4.78, 5) is 35.4. The number of nitrogens with one attached hydrogen (secondary N) is 2. The van der Waals surface area contributed by atoms with Gasteiger partial charge in [-0.15, -0.1) is 0 Å². The van der Waals surface area contributed by atoms with Gasteiger partial charge < -0.3 is 20.5 Å². The number of carbonyl (C=O) groups excluding carboxylic acids is 2. The number of carbonyl (C=O) groups is 3. The lowest BCUT2D eigenvalue weighted by Gasteiger charge is -2.17. The monoisotopic (exact) mass is 450 g/mol. The summed E-state index contributed by atoms with van der Waals surface area (Å²) in [5.74, 6) is -0.886. The van der Waals surface area contributed by atoms with Crippen molar-refractivity contribution >= 4 is 18.0 Å². The van der Waals surface area contributed by atoms with Gasteiger partial charge in [-0.1, -0.05) is 48.5 Å². The lowest BCUT2D eigenvalue weighted by Crippen LogP contribution is -2.36. The van der Waals surface area contributed by atoms with Crippen LogP contribution in [0.25, 0.3) is 11.1 Å². The maximum Gasteiger partial charge on any atom is 0.407 e. The van der Waals surface area contributed by atoms with Crippen LogP contribution in [0.2, 0.25) is 0 Å². The van der Waals surface area contributed by atoms with Crippen LogP contribution in [0.1, 0.15) is 56.1 Å². The second-order valence-corrected chi connectivity index (χ2v) is 9.12. The van der Waals surface area contributed by atoms with Crippen LogP contribution >= 0.6 is 0 Å². The van der Waals surface area contributed by atoms with Crippen LogP contribution < -0.4 is 10.6 Å². The third kappa shape index (κ3) is 5.53. The number of ether oxygens (including phenoxy) is 1. The predicted octanol–water partition coefficient (Wildman–Crippen LogP) is 4.06. The fourth-order valence-electron chi connectivity index (χ4n) is 5.11. The number of rotatable bonds is 8. The van der Waals surface area contributed by atoms with E-state index in [1.807, 2.05) is 24.3 Å². The number of carboxylic acid groups (broad SMARTS) is 1. The Morgan fingerprint density at radius 2 is 1.67 bits per heavy atom. The van der Waals surface area contributed by atoms with E-state index in [-0.39, 0.29) is 36.8 Å². The normalized spacial score (nSPS) is 19.9. The van der Waals surface area contributed by atoms with Crippen molar-refractivity contribution < 1.29 is 24.2 Å². The Labute approximate surface area is 193 Å². The number of alkyl carbamates (subject to hydrolysis) is 1. The van der Waals surface area contributed by atoms with Crippen LogP contribution in [0.15, 0.2) is 48.5 Å². The van der Waals surface area contributed by atoms with Crippen LogP contribution in [0.4, 0.5) is 4.79 Å². The van der Waals surface area contributed by atoms with Gasteiger partial charge in [0, 0.05) is 24.4 Å². The number of amides is 2. The number of benzene rings is 2. The van der Waals surface area contributed by atoms with Gasteiger partial charge in [0.25, 0.3) is 0 Å². The highest BCUT2D eigenvalue weighted by molar-refractivity contribution is 5.79. The zero-order valence-electron chi connectivity index (χ0n) is 18.8. The molecule has 2 aromatic carbocycles. The minimum absolute atomic E-state index is 0.0186. The molecule has 2 aliphatic carbocycles. The molecule has 4 rings (SSSR count). The van der Waals surface area contributed by atoms with E-state index in [1.54, 1.807) is 6.92 Å². The Bertz CT molecular complexity index is 991. The van der Waals surface area contributed by atoms with Gasteiger partial charge >= 0.3 is 12.1 Å². The van der Waals surface area contributed by atoms with E-state index in [1.165, 1.54) is 22.3 Å².